The van der Waals surface area contributed by atoms with Crippen LogP contribution in [0.2, 0.25) is 5.02 Å². The van der Waals surface area contributed by atoms with Crippen LogP contribution in [0.25, 0.3) is 0 Å². The second kappa shape index (κ2) is 9.24. The number of amides is 1. The highest BCUT2D eigenvalue weighted by atomic mass is 35.5. The van der Waals surface area contributed by atoms with E-state index in [0.717, 1.165) is 16.7 Å². The Labute approximate surface area is 170 Å². The summed E-state index contributed by atoms with van der Waals surface area (Å²) >= 11 is 6.00. The molecule has 1 aliphatic rings. The zero-order valence-electron chi connectivity index (χ0n) is 16.0. The van der Waals surface area contributed by atoms with Crippen LogP contribution in [0.15, 0.2) is 60.4 Å². The molecule has 148 valence electrons. The van der Waals surface area contributed by atoms with E-state index in [1.807, 2.05) is 54.6 Å². The van der Waals surface area contributed by atoms with Crippen LogP contribution in [0.1, 0.15) is 29.0 Å². The summed E-state index contributed by atoms with van der Waals surface area (Å²) in [6, 6.07) is 15.1. The van der Waals surface area contributed by atoms with E-state index in [9.17, 15) is 4.79 Å². The van der Waals surface area contributed by atoms with E-state index in [4.69, 9.17) is 26.2 Å². The normalized spacial score (nSPS) is 18.9. The van der Waals surface area contributed by atoms with E-state index < -0.39 is 6.29 Å². The van der Waals surface area contributed by atoms with Crippen molar-refractivity contribution < 1.29 is 19.4 Å². The van der Waals surface area contributed by atoms with Gasteiger partial charge in [-0.2, -0.15) is 0 Å². The standard InChI is InChI=1S/C22H24ClNO4/c1-24(2)22(26)20-11-18(17-7-9-19(23)10-8-17)12-21(28-20)27-14-16-5-3-15(13-25)4-6-16/h3-11,18,21,25H,12-14H2,1-2H3/t18-,21+/m0/s1. The first-order valence-corrected chi connectivity index (χ1v) is 9.50. The van der Waals surface area contributed by atoms with E-state index in [0.29, 0.717) is 18.1 Å². The molecule has 1 amide bonds. The minimum atomic E-state index is -0.540. The van der Waals surface area contributed by atoms with Gasteiger partial charge >= 0.3 is 0 Å². The van der Waals surface area contributed by atoms with Crippen LogP contribution < -0.4 is 0 Å². The summed E-state index contributed by atoms with van der Waals surface area (Å²) in [5, 5.41) is 9.81. The van der Waals surface area contributed by atoms with Gasteiger partial charge < -0.3 is 19.5 Å². The molecule has 0 bridgehead atoms. The van der Waals surface area contributed by atoms with Gasteiger partial charge in [0.2, 0.25) is 6.29 Å². The molecule has 5 nitrogen and oxygen atoms in total. The fourth-order valence-corrected chi connectivity index (χ4v) is 3.13. The summed E-state index contributed by atoms with van der Waals surface area (Å²) in [5.41, 5.74) is 2.87. The molecule has 2 aromatic rings. The van der Waals surface area contributed by atoms with Gasteiger partial charge in [0.05, 0.1) is 13.2 Å². The molecule has 0 fully saturated rings. The number of hydrogen-bond donors (Lipinski definition) is 1. The van der Waals surface area contributed by atoms with E-state index >= 15 is 0 Å². The highest BCUT2D eigenvalue weighted by Crippen LogP contribution is 2.32. The Morgan fingerprint density at radius 2 is 1.79 bits per heavy atom. The maximum absolute atomic E-state index is 12.5. The molecule has 0 aromatic heterocycles. The molecule has 0 spiro atoms. The van der Waals surface area contributed by atoms with Crippen LogP contribution in [0.3, 0.4) is 0 Å². The van der Waals surface area contributed by atoms with Crippen molar-refractivity contribution in [1.29, 1.82) is 0 Å². The van der Waals surface area contributed by atoms with Crippen LogP contribution in [0, 0.1) is 0 Å². The van der Waals surface area contributed by atoms with Crippen molar-refractivity contribution in [1.82, 2.24) is 4.90 Å². The monoisotopic (exact) mass is 401 g/mol. The van der Waals surface area contributed by atoms with Gasteiger partial charge in [0.1, 0.15) is 0 Å². The fraction of sp³-hybridized carbons (Fsp3) is 0.318. The molecule has 2 aromatic carbocycles. The van der Waals surface area contributed by atoms with Gasteiger partial charge in [0.15, 0.2) is 5.76 Å². The molecule has 6 heteroatoms. The maximum Gasteiger partial charge on any atom is 0.288 e. The molecule has 0 aliphatic carbocycles. The quantitative estimate of drug-likeness (QED) is 0.798. The molecule has 2 atom stereocenters. The molecule has 0 saturated heterocycles. The maximum atomic E-state index is 12.5. The van der Waals surface area contributed by atoms with E-state index in [1.165, 1.54) is 4.90 Å². The summed E-state index contributed by atoms with van der Waals surface area (Å²) in [5.74, 6) is 0.0862. The lowest BCUT2D eigenvalue weighted by Gasteiger charge is -2.30. The van der Waals surface area contributed by atoms with Crippen molar-refractivity contribution in [2.45, 2.75) is 31.8 Å². The average molecular weight is 402 g/mol. The van der Waals surface area contributed by atoms with Crippen LogP contribution in [-0.4, -0.2) is 36.3 Å². The third-order valence-electron chi connectivity index (χ3n) is 4.61. The summed E-state index contributed by atoms with van der Waals surface area (Å²) in [6.07, 6.45) is 1.91. The lowest BCUT2D eigenvalue weighted by atomic mass is 9.93. The fourth-order valence-electron chi connectivity index (χ4n) is 3.00. The summed E-state index contributed by atoms with van der Waals surface area (Å²) in [7, 11) is 3.38. The number of likely N-dealkylation sites (N-methyl/N-ethyl adjacent to an activating group) is 1. The topological polar surface area (TPSA) is 59.0 Å². The van der Waals surface area contributed by atoms with Crippen molar-refractivity contribution in [2.24, 2.45) is 0 Å². The van der Waals surface area contributed by atoms with Gasteiger partial charge in [-0.05, 0) is 34.9 Å². The van der Waals surface area contributed by atoms with E-state index in [2.05, 4.69) is 0 Å². The Morgan fingerprint density at radius 1 is 1.14 bits per heavy atom. The number of nitrogens with zero attached hydrogens (tertiary/aromatic N) is 1. The lowest BCUT2D eigenvalue weighted by Crippen LogP contribution is -2.32. The number of halogens is 1. The largest absolute Gasteiger partial charge is 0.459 e. The van der Waals surface area contributed by atoms with Gasteiger partial charge in [-0.3, -0.25) is 4.79 Å². The molecule has 1 heterocycles. The van der Waals surface area contributed by atoms with Crippen molar-refractivity contribution in [3.05, 3.63) is 82.1 Å². The number of carbonyl (C=O) groups is 1. The lowest BCUT2D eigenvalue weighted by molar-refractivity contribution is -0.154. The van der Waals surface area contributed by atoms with Crippen molar-refractivity contribution in [3.8, 4) is 0 Å². The van der Waals surface area contributed by atoms with Crippen LogP contribution in [0.5, 0.6) is 0 Å². The molecular formula is C22H24ClNO4. The van der Waals surface area contributed by atoms with Crippen LogP contribution in [-0.2, 0) is 27.5 Å². The first kappa shape index (κ1) is 20.4. The summed E-state index contributed by atoms with van der Waals surface area (Å²) in [6.45, 7) is 0.365. The molecule has 0 unspecified atom stereocenters. The van der Waals surface area contributed by atoms with Crippen LogP contribution in [0.4, 0.5) is 0 Å². The number of hydrogen-bond acceptors (Lipinski definition) is 4. The molecule has 1 aliphatic heterocycles. The smallest absolute Gasteiger partial charge is 0.288 e. The van der Waals surface area contributed by atoms with Gasteiger partial charge in [-0.25, -0.2) is 0 Å². The van der Waals surface area contributed by atoms with Gasteiger partial charge in [0, 0.05) is 31.5 Å². The molecule has 0 saturated carbocycles. The third kappa shape index (κ3) is 5.13. The number of aliphatic hydroxyl groups is 1. The first-order valence-electron chi connectivity index (χ1n) is 9.12. The molecule has 3 rings (SSSR count). The molecule has 0 radical (unpaired) electrons. The Bertz CT molecular complexity index is 831. The Hall–Kier alpha value is -2.34. The van der Waals surface area contributed by atoms with Gasteiger partial charge in [-0.15, -0.1) is 0 Å². The second-order valence-electron chi connectivity index (χ2n) is 6.96. The molecular weight excluding hydrogens is 378 g/mol. The Kier molecular flexibility index (Phi) is 6.73. The number of allylic oxidation sites excluding steroid dienone is 1. The highest BCUT2D eigenvalue weighted by Gasteiger charge is 2.29. The summed E-state index contributed by atoms with van der Waals surface area (Å²) in [4.78, 5) is 13.9. The minimum Gasteiger partial charge on any atom is -0.459 e. The van der Waals surface area contributed by atoms with Gasteiger partial charge in [-0.1, -0.05) is 48.0 Å². The highest BCUT2D eigenvalue weighted by molar-refractivity contribution is 6.30. The predicted octanol–water partition coefficient (Wildman–Crippen LogP) is 3.85. The zero-order valence-corrected chi connectivity index (χ0v) is 16.7. The SMILES string of the molecule is CN(C)C(=O)C1=C[C@H](c2ccc(Cl)cc2)C[C@H](OCc2ccc(CO)cc2)O1. The Morgan fingerprint density at radius 3 is 2.39 bits per heavy atom. The number of benzene rings is 2. The number of rotatable bonds is 6. The van der Waals surface area contributed by atoms with Crippen LogP contribution >= 0.6 is 11.6 Å². The number of carbonyl (C=O) groups excluding carboxylic acids is 1. The van der Waals surface area contributed by atoms with Crippen molar-refractivity contribution >= 4 is 17.5 Å². The van der Waals surface area contributed by atoms with Gasteiger partial charge in [0.25, 0.3) is 5.91 Å². The van der Waals surface area contributed by atoms with Crippen molar-refractivity contribution in [2.75, 3.05) is 14.1 Å². The zero-order chi connectivity index (χ0) is 20.1. The third-order valence-corrected chi connectivity index (χ3v) is 4.87. The first-order chi connectivity index (χ1) is 13.5. The second-order valence-corrected chi connectivity index (χ2v) is 7.39. The Balaban J connectivity index is 1.74. The minimum absolute atomic E-state index is 0.00770. The molecule has 28 heavy (non-hydrogen) atoms. The number of aliphatic hydroxyl groups excluding tert-OH is 1. The van der Waals surface area contributed by atoms with Crippen molar-refractivity contribution in [3.63, 3.8) is 0 Å². The average Bonchev–Trinajstić information content (AvgIpc) is 2.72. The molecule has 1 N–H and O–H groups in total. The van der Waals surface area contributed by atoms with E-state index in [1.54, 1.807) is 14.1 Å². The predicted molar refractivity (Wildman–Crippen MR) is 108 cm³/mol. The summed E-state index contributed by atoms with van der Waals surface area (Å²) < 4.78 is 11.8. The van der Waals surface area contributed by atoms with E-state index in [-0.39, 0.29) is 24.2 Å². The number of ether oxygens (including phenoxy) is 2.